The van der Waals surface area contributed by atoms with Gasteiger partial charge in [0.05, 0.1) is 11.8 Å². The zero-order chi connectivity index (χ0) is 26.1. The minimum atomic E-state index is -0.753. The van der Waals surface area contributed by atoms with E-state index in [9.17, 15) is 13.6 Å². The van der Waals surface area contributed by atoms with E-state index < -0.39 is 23.5 Å². The number of aliphatic carboxylic acids is 1. The zero-order valence-electron chi connectivity index (χ0n) is 20.6. The molecule has 1 unspecified atom stereocenters. The van der Waals surface area contributed by atoms with Crippen LogP contribution in [0.3, 0.4) is 0 Å². The van der Waals surface area contributed by atoms with Crippen LogP contribution in [-0.2, 0) is 17.8 Å². The molecule has 0 bridgehead atoms. The fraction of sp³-hybridized carbons (Fsp3) is 0.276. The molecule has 2 heterocycles. The molecule has 190 valence electrons. The lowest BCUT2D eigenvalue weighted by atomic mass is 9.90. The monoisotopic (exact) mass is 503 g/mol. The standard InChI is InChI=1S/C29H27F2N3O3/c1-17-3-4-20(9-18(17)2)10-26(22-11-24(30)13-25(31)12-22)28-32-27(33-37-28)21-7-5-19(6-8-21)14-34-15-23(16-34)29(35)36/h3-9,11-13,23,26H,10,14-16H2,1-2H3,(H,35,36). The number of rotatable bonds is 8. The third kappa shape index (κ3) is 5.59. The molecule has 5 rings (SSSR count). The van der Waals surface area contributed by atoms with E-state index in [1.807, 2.05) is 50.2 Å². The Hall–Kier alpha value is -3.91. The highest BCUT2D eigenvalue weighted by molar-refractivity contribution is 5.71. The summed E-state index contributed by atoms with van der Waals surface area (Å²) in [6, 6.07) is 17.2. The molecular weight excluding hydrogens is 476 g/mol. The number of carbonyl (C=O) groups is 1. The molecule has 1 N–H and O–H groups in total. The van der Waals surface area contributed by atoms with E-state index in [1.165, 1.54) is 12.1 Å². The zero-order valence-corrected chi connectivity index (χ0v) is 20.6. The number of aromatic nitrogens is 2. The molecule has 1 saturated heterocycles. The highest BCUT2D eigenvalue weighted by Gasteiger charge is 2.32. The Morgan fingerprint density at radius 3 is 2.32 bits per heavy atom. The van der Waals surface area contributed by atoms with Gasteiger partial charge in [-0.15, -0.1) is 0 Å². The lowest BCUT2D eigenvalue weighted by Crippen LogP contribution is -2.49. The Balaban J connectivity index is 1.37. The van der Waals surface area contributed by atoms with Crippen LogP contribution in [0.15, 0.2) is 65.2 Å². The summed E-state index contributed by atoms with van der Waals surface area (Å²) >= 11 is 0. The van der Waals surface area contributed by atoms with Crippen LogP contribution in [0.25, 0.3) is 11.4 Å². The Morgan fingerprint density at radius 1 is 1.00 bits per heavy atom. The predicted octanol–water partition coefficient (Wildman–Crippen LogP) is 5.52. The Kier molecular flexibility index (Phi) is 6.84. The average Bonchev–Trinajstić information content (AvgIpc) is 3.31. The van der Waals surface area contributed by atoms with Gasteiger partial charge in [0.15, 0.2) is 0 Å². The summed E-state index contributed by atoms with van der Waals surface area (Å²) in [5.41, 5.74) is 5.52. The van der Waals surface area contributed by atoms with E-state index in [4.69, 9.17) is 9.63 Å². The van der Waals surface area contributed by atoms with Crippen molar-refractivity contribution in [1.82, 2.24) is 15.0 Å². The topological polar surface area (TPSA) is 79.5 Å². The van der Waals surface area contributed by atoms with Crippen LogP contribution in [0, 0.1) is 31.4 Å². The highest BCUT2D eigenvalue weighted by Crippen LogP contribution is 2.31. The van der Waals surface area contributed by atoms with E-state index in [0.717, 1.165) is 33.9 Å². The van der Waals surface area contributed by atoms with Crippen molar-refractivity contribution in [2.75, 3.05) is 13.1 Å². The maximum Gasteiger partial charge on any atom is 0.309 e. The third-order valence-electron chi connectivity index (χ3n) is 6.96. The van der Waals surface area contributed by atoms with Gasteiger partial charge in [-0.05, 0) is 60.2 Å². The number of halogens is 2. The van der Waals surface area contributed by atoms with Gasteiger partial charge in [-0.3, -0.25) is 9.69 Å². The number of carboxylic acid groups (broad SMARTS) is 1. The Morgan fingerprint density at radius 2 is 1.68 bits per heavy atom. The van der Waals surface area contributed by atoms with Gasteiger partial charge in [0.25, 0.3) is 0 Å². The fourth-order valence-electron chi connectivity index (χ4n) is 4.66. The fourth-order valence-corrected chi connectivity index (χ4v) is 4.66. The molecule has 37 heavy (non-hydrogen) atoms. The van der Waals surface area contributed by atoms with Gasteiger partial charge in [-0.2, -0.15) is 4.98 Å². The van der Waals surface area contributed by atoms with Crippen LogP contribution in [0.1, 0.15) is 39.6 Å². The third-order valence-corrected chi connectivity index (χ3v) is 6.96. The maximum atomic E-state index is 14.1. The van der Waals surface area contributed by atoms with Crippen LogP contribution in [0.2, 0.25) is 0 Å². The van der Waals surface area contributed by atoms with Crippen LogP contribution in [0.5, 0.6) is 0 Å². The van der Waals surface area contributed by atoms with Crippen LogP contribution in [-0.4, -0.2) is 39.2 Å². The molecule has 3 aromatic carbocycles. The quantitative estimate of drug-likeness (QED) is 0.341. The van der Waals surface area contributed by atoms with Crippen LogP contribution in [0.4, 0.5) is 8.78 Å². The molecule has 1 aliphatic rings. The predicted molar refractivity (Wildman–Crippen MR) is 134 cm³/mol. The summed E-state index contributed by atoms with van der Waals surface area (Å²) in [6.07, 6.45) is 0.442. The van der Waals surface area contributed by atoms with Crippen LogP contribution < -0.4 is 0 Å². The smallest absolute Gasteiger partial charge is 0.309 e. The van der Waals surface area contributed by atoms with Crippen molar-refractivity contribution in [1.29, 1.82) is 0 Å². The SMILES string of the molecule is Cc1ccc(CC(c2cc(F)cc(F)c2)c2nc(-c3ccc(CN4CC(C(=O)O)C4)cc3)no2)cc1C. The molecule has 1 fully saturated rings. The Labute approximate surface area is 213 Å². The van der Waals surface area contributed by atoms with Gasteiger partial charge in [-0.25, -0.2) is 8.78 Å². The molecule has 1 aliphatic heterocycles. The molecule has 1 aromatic heterocycles. The van der Waals surface area contributed by atoms with Gasteiger partial charge in [-0.1, -0.05) is 47.6 Å². The first-order chi connectivity index (χ1) is 17.7. The van der Waals surface area contributed by atoms with Gasteiger partial charge in [0.1, 0.15) is 11.6 Å². The number of hydrogen-bond acceptors (Lipinski definition) is 5. The molecule has 0 spiro atoms. The lowest BCUT2D eigenvalue weighted by Gasteiger charge is -2.36. The highest BCUT2D eigenvalue weighted by atomic mass is 19.1. The number of carboxylic acids is 1. The summed E-state index contributed by atoms with van der Waals surface area (Å²) in [5, 5.41) is 13.2. The minimum Gasteiger partial charge on any atom is -0.481 e. The molecule has 1 atom stereocenters. The van der Waals surface area contributed by atoms with Gasteiger partial charge in [0.2, 0.25) is 11.7 Å². The van der Waals surface area contributed by atoms with Crippen LogP contribution >= 0.6 is 0 Å². The van der Waals surface area contributed by atoms with Crippen molar-refractivity contribution >= 4 is 5.97 Å². The van der Waals surface area contributed by atoms with E-state index in [0.29, 0.717) is 37.4 Å². The summed E-state index contributed by atoms with van der Waals surface area (Å²) in [6.45, 7) is 5.83. The normalized spacial score (nSPS) is 14.9. The molecule has 6 nitrogen and oxygen atoms in total. The van der Waals surface area contributed by atoms with Crippen molar-refractivity contribution in [2.24, 2.45) is 5.92 Å². The summed E-state index contributed by atoms with van der Waals surface area (Å²) in [5.74, 6) is -2.22. The summed E-state index contributed by atoms with van der Waals surface area (Å²) in [4.78, 5) is 17.7. The van der Waals surface area contributed by atoms with Crippen molar-refractivity contribution in [3.63, 3.8) is 0 Å². The number of benzene rings is 3. The van der Waals surface area contributed by atoms with E-state index in [-0.39, 0.29) is 11.8 Å². The molecule has 0 radical (unpaired) electrons. The number of hydrogen-bond donors (Lipinski definition) is 1. The first-order valence-electron chi connectivity index (χ1n) is 12.2. The summed E-state index contributed by atoms with van der Waals surface area (Å²) in [7, 11) is 0. The van der Waals surface area contributed by atoms with E-state index in [1.54, 1.807) is 0 Å². The molecule has 8 heteroatoms. The number of nitrogens with zero attached hydrogens (tertiary/aromatic N) is 3. The van der Waals surface area contributed by atoms with Gasteiger partial charge >= 0.3 is 5.97 Å². The van der Waals surface area contributed by atoms with E-state index >= 15 is 0 Å². The van der Waals surface area contributed by atoms with Crippen molar-refractivity contribution in [3.8, 4) is 11.4 Å². The first-order valence-corrected chi connectivity index (χ1v) is 12.2. The molecule has 0 saturated carbocycles. The molecule has 0 aliphatic carbocycles. The second-order valence-electron chi connectivity index (χ2n) is 9.76. The van der Waals surface area contributed by atoms with Crippen molar-refractivity contribution in [3.05, 3.63) is 106 Å². The second-order valence-corrected chi connectivity index (χ2v) is 9.76. The molecular formula is C29H27F2N3O3. The van der Waals surface area contributed by atoms with Crippen molar-refractivity contribution in [2.45, 2.75) is 32.7 Å². The lowest BCUT2D eigenvalue weighted by molar-refractivity contribution is -0.147. The molecule has 0 amide bonds. The minimum absolute atomic E-state index is 0.280. The number of likely N-dealkylation sites (tertiary alicyclic amines) is 1. The largest absolute Gasteiger partial charge is 0.481 e. The number of aryl methyl sites for hydroxylation is 2. The van der Waals surface area contributed by atoms with Crippen molar-refractivity contribution < 1.29 is 23.2 Å². The van der Waals surface area contributed by atoms with Gasteiger partial charge in [0, 0.05) is 31.3 Å². The van der Waals surface area contributed by atoms with Gasteiger partial charge < -0.3 is 9.63 Å². The average molecular weight is 504 g/mol. The maximum absolute atomic E-state index is 14.1. The first kappa shape index (κ1) is 24.8. The summed E-state index contributed by atoms with van der Waals surface area (Å²) < 4.78 is 33.8. The Bertz CT molecular complexity index is 1410. The van der Waals surface area contributed by atoms with E-state index in [2.05, 4.69) is 21.1 Å². The second kappa shape index (κ2) is 10.2. The molecule has 4 aromatic rings.